The van der Waals surface area contributed by atoms with Crippen LogP contribution in [0, 0.1) is 0 Å². The molecule has 2 aromatic rings. The van der Waals surface area contributed by atoms with Gasteiger partial charge >= 0.3 is 0 Å². The van der Waals surface area contributed by atoms with Crippen LogP contribution in [0.3, 0.4) is 0 Å². The first-order valence-corrected chi connectivity index (χ1v) is 7.85. The number of aliphatic hydroxyl groups is 1. The molecule has 120 valence electrons. The van der Waals surface area contributed by atoms with E-state index in [1.165, 1.54) is 0 Å². The summed E-state index contributed by atoms with van der Waals surface area (Å²) in [6.45, 7) is 2.02. The number of hydrogen-bond donors (Lipinski definition) is 1. The van der Waals surface area contributed by atoms with E-state index < -0.39 is 0 Å². The van der Waals surface area contributed by atoms with E-state index in [1.807, 2.05) is 62.9 Å². The van der Waals surface area contributed by atoms with Gasteiger partial charge in [0.25, 0.3) is 0 Å². The van der Waals surface area contributed by atoms with Crippen LogP contribution in [0.1, 0.15) is 24.2 Å². The molecule has 0 amide bonds. The highest BCUT2D eigenvalue weighted by molar-refractivity contribution is 6.30. The second-order valence-electron chi connectivity index (χ2n) is 5.62. The zero-order valence-electron chi connectivity index (χ0n) is 13.1. The topological polar surface area (TPSA) is 53.6 Å². The molecule has 2 heterocycles. The number of aliphatic hydroxyl groups excluding tert-OH is 1. The molecule has 0 bridgehead atoms. The molecule has 0 fully saturated rings. The minimum atomic E-state index is -0.207. The predicted octanol–water partition coefficient (Wildman–Crippen LogP) is 2.88. The lowest BCUT2D eigenvalue weighted by Crippen LogP contribution is -2.38. The second-order valence-corrected chi connectivity index (χ2v) is 6.05. The molecule has 0 saturated heterocycles. The van der Waals surface area contributed by atoms with Crippen LogP contribution in [0.2, 0.25) is 5.02 Å². The fourth-order valence-corrected chi connectivity index (χ4v) is 2.86. The molecule has 1 unspecified atom stereocenters. The summed E-state index contributed by atoms with van der Waals surface area (Å²) in [5, 5.41) is 14.6. The average Bonchev–Trinajstić information content (AvgIpc) is 3.00. The number of hydrogen-bond acceptors (Lipinski definition) is 4. The van der Waals surface area contributed by atoms with E-state index in [0.29, 0.717) is 5.02 Å². The molecule has 0 radical (unpaired) electrons. The summed E-state index contributed by atoms with van der Waals surface area (Å²) >= 11 is 5.99. The highest BCUT2D eigenvalue weighted by atomic mass is 35.5. The molecule has 1 aliphatic rings. The number of nitrogens with zero attached hydrogens (tertiary/aromatic N) is 4. The molecule has 3 rings (SSSR count). The smallest absolute Gasteiger partial charge is 0.150 e. The lowest BCUT2D eigenvalue weighted by Gasteiger charge is -2.38. The SMILES string of the molecule is C[C@H](CO)N1C(c2ccc(Cl)cc2)=CC=NC1c1cnn(C)c1. The van der Waals surface area contributed by atoms with Gasteiger partial charge in [0.2, 0.25) is 0 Å². The van der Waals surface area contributed by atoms with E-state index in [2.05, 4.69) is 15.0 Å². The summed E-state index contributed by atoms with van der Waals surface area (Å²) in [5.41, 5.74) is 3.03. The Morgan fingerprint density at radius 2 is 2.04 bits per heavy atom. The first-order valence-electron chi connectivity index (χ1n) is 7.47. The number of allylic oxidation sites excluding steroid dienone is 1. The maximum Gasteiger partial charge on any atom is 0.150 e. The van der Waals surface area contributed by atoms with E-state index in [4.69, 9.17) is 11.6 Å². The van der Waals surface area contributed by atoms with E-state index in [9.17, 15) is 5.11 Å². The minimum Gasteiger partial charge on any atom is -0.394 e. The summed E-state index contributed by atoms with van der Waals surface area (Å²) < 4.78 is 1.76. The summed E-state index contributed by atoms with van der Waals surface area (Å²) in [4.78, 5) is 6.70. The molecular weight excluding hydrogens is 312 g/mol. The Morgan fingerprint density at radius 3 is 2.65 bits per heavy atom. The number of aryl methyl sites for hydroxylation is 1. The lowest BCUT2D eigenvalue weighted by molar-refractivity contribution is 0.152. The van der Waals surface area contributed by atoms with Crippen molar-refractivity contribution in [2.45, 2.75) is 19.1 Å². The van der Waals surface area contributed by atoms with Crippen LogP contribution in [0.4, 0.5) is 0 Å². The van der Waals surface area contributed by atoms with Crippen molar-refractivity contribution in [1.29, 1.82) is 0 Å². The third kappa shape index (κ3) is 3.16. The Morgan fingerprint density at radius 1 is 1.30 bits per heavy atom. The van der Waals surface area contributed by atoms with E-state index >= 15 is 0 Å². The van der Waals surface area contributed by atoms with Gasteiger partial charge in [-0.15, -0.1) is 0 Å². The van der Waals surface area contributed by atoms with Gasteiger partial charge in [-0.2, -0.15) is 5.10 Å². The van der Waals surface area contributed by atoms with Crippen LogP contribution in [0.25, 0.3) is 5.70 Å². The van der Waals surface area contributed by atoms with Crippen molar-refractivity contribution in [1.82, 2.24) is 14.7 Å². The van der Waals surface area contributed by atoms with Crippen molar-refractivity contribution < 1.29 is 5.11 Å². The quantitative estimate of drug-likeness (QED) is 0.937. The first kappa shape index (κ1) is 15.8. The molecule has 6 heteroatoms. The highest BCUT2D eigenvalue weighted by Crippen LogP contribution is 2.35. The average molecular weight is 331 g/mol. The van der Waals surface area contributed by atoms with Gasteiger partial charge in [-0.05, 0) is 30.7 Å². The van der Waals surface area contributed by atoms with Gasteiger partial charge in [-0.1, -0.05) is 23.7 Å². The molecule has 1 aromatic heterocycles. The molecule has 1 aliphatic heterocycles. The number of rotatable bonds is 4. The molecule has 0 aliphatic carbocycles. The third-order valence-corrected chi connectivity index (χ3v) is 4.16. The Hall–Kier alpha value is -2.11. The molecule has 2 atom stereocenters. The number of aliphatic imine (C=N–C) groups is 1. The van der Waals surface area contributed by atoms with Crippen molar-refractivity contribution in [3.05, 3.63) is 58.9 Å². The predicted molar refractivity (Wildman–Crippen MR) is 92.3 cm³/mol. The summed E-state index contributed by atoms with van der Waals surface area (Å²) in [5.74, 6) is 0. The molecule has 23 heavy (non-hydrogen) atoms. The fourth-order valence-electron chi connectivity index (χ4n) is 2.74. The number of benzene rings is 1. The summed E-state index contributed by atoms with van der Waals surface area (Å²) in [6.07, 6.45) is 7.32. The summed E-state index contributed by atoms with van der Waals surface area (Å²) in [7, 11) is 1.88. The largest absolute Gasteiger partial charge is 0.394 e. The van der Waals surface area contributed by atoms with Gasteiger partial charge in [0, 0.05) is 35.7 Å². The van der Waals surface area contributed by atoms with E-state index in [0.717, 1.165) is 16.8 Å². The Bertz CT molecular complexity index is 735. The minimum absolute atomic E-state index is 0.0389. The van der Waals surface area contributed by atoms with Crippen molar-refractivity contribution >= 4 is 23.5 Å². The lowest BCUT2D eigenvalue weighted by atomic mass is 10.0. The van der Waals surface area contributed by atoms with E-state index in [1.54, 1.807) is 4.68 Å². The van der Waals surface area contributed by atoms with Crippen LogP contribution >= 0.6 is 11.6 Å². The molecule has 0 spiro atoms. The van der Waals surface area contributed by atoms with Crippen LogP contribution in [-0.4, -0.2) is 38.7 Å². The standard InChI is InChI=1S/C17H19ClN4O/c1-12(11-23)22-16(13-3-5-15(18)6-4-13)7-8-19-17(22)14-9-20-21(2)10-14/h3-10,12,17,23H,11H2,1-2H3/t12-,17?/m1/s1. The first-order chi connectivity index (χ1) is 11.1. The van der Waals surface area contributed by atoms with E-state index in [-0.39, 0.29) is 18.8 Å². The van der Waals surface area contributed by atoms with Crippen LogP contribution < -0.4 is 0 Å². The molecule has 0 saturated carbocycles. The van der Waals surface area contributed by atoms with Gasteiger partial charge in [-0.25, -0.2) is 0 Å². The Labute approximate surface area is 140 Å². The van der Waals surface area contributed by atoms with Gasteiger partial charge in [0.15, 0.2) is 0 Å². The van der Waals surface area contributed by atoms with Crippen molar-refractivity contribution in [2.24, 2.45) is 12.0 Å². The van der Waals surface area contributed by atoms with Gasteiger partial charge in [0.05, 0.1) is 18.8 Å². The maximum absolute atomic E-state index is 9.70. The molecule has 1 aromatic carbocycles. The zero-order chi connectivity index (χ0) is 16.4. The monoisotopic (exact) mass is 330 g/mol. The molecule has 1 N–H and O–H groups in total. The van der Waals surface area contributed by atoms with Crippen LogP contribution in [0.5, 0.6) is 0 Å². The molecular formula is C17H19ClN4O. The Kier molecular flexibility index (Phi) is 4.50. The van der Waals surface area contributed by atoms with Crippen LogP contribution in [-0.2, 0) is 7.05 Å². The fraction of sp³-hybridized carbons (Fsp3) is 0.294. The highest BCUT2D eigenvalue weighted by Gasteiger charge is 2.29. The van der Waals surface area contributed by atoms with Crippen molar-refractivity contribution in [3.63, 3.8) is 0 Å². The van der Waals surface area contributed by atoms with Gasteiger partial charge < -0.3 is 10.0 Å². The second kappa shape index (κ2) is 6.56. The number of halogens is 1. The third-order valence-electron chi connectivity index (χ3n) is 3.90. The van der Waals surface area contributed by atoms with Crippen molar-refractivity contribution in [3.8, 4) is 0 Å². The van der Waals surface area contributed by atoms with Crippen molar-refractivity contribution in [2.75, 3.05) is 6.61 Å². The normalized spacial score (nSPS) is 18.9. The van der Waals surface area contributed by atoms with Crippen LogP contribution in [0.15, 0.2) is 47.7 Å². The number of aromatic nitrogens is 2. The Balaban J connectivity index is 2.02. The van der Waals surface area contributed by atoms with Gasteiger partial charge in [-0.3, -0.25) is 9.67 Å². The van der Waals surface area contributed by atoms with Gasteiger partial charge in [0.1, 0.15) is 6.17 Å². The zero-order valence-corrected chi connectivity index (χ0v) is 13.9. The maximum atomic E-state index is 9.70. The molecule has 5 nitrogen and oxygen atoms in total. The summed E-state index contributed by atoms with van der Waals surface area (Å²) in [6, 6.07) is 7.60.